The molecule has 3 N–H and O–H groups in total. The lowest BCUT2D eigenvalue weighted by atomic mass is 9.81. The standard InChI is InChI=1S/C23H15FN4O/c24-15-10-8-14(9-11-15)21-20-19(18(12-25)22(26)29-23(20)28-27-21)17-7-3-5-13-4-1-2-6-16(13)17/h1-11,19H,26H2,(H,27,28)/t19-/m1/s1. The molecular formula is C23H15FN4O. The molecule has 1 aliphatic heterocycles. The minimum atomic E-state index is -0.464. The van der Waals surface area contributed by atoms with E-state index in [-0.39, 0.29) is 11.7 Å². The molecule has 0 amide bonds. The molecular weight excluding hydrogens is 367 g/mol. The summed E-state index contributed by atoms with van der Waals surface area (Å²) in [5.41, 5.74) is 9.44. The second kappa shape index (κ2) is 6.50. The molecule has 140 valence electrons. The number of nitrogens with one attached hydrogen (secondary N) is 1. The van der Waals surface area contributed by atoms with E-state index in [1.54, 1.807) is 12.1 Å². The highest BCUT2D eigenvalue weighted by atomic mass is 19.1. The zero-order valence-electron chi connectivity index (χ0n) is 15.2. The third-order valence-electron chi connectivity index (χ3n) is 5.21. The van der Waals surface area contributed by atoms with Crippen LogP contribution in [0.1, 0.15) is 17.0 Å². The van der Waals surface area contributed by atoms with Gasteiger partial charge in [-0.2, -0.15) is 5.26 Å². The number of benzene rings is 3. The maximum atomic E-state index is 13.4. The smallest absolute Gasteiger partial charge is 0.244 e. The third kappa shape index (κ3) is 2.64. The van der Waals surface area contributed by atoms with Crippen LogP contribution < -0.4 is 10.5 Å². The Labute approximate surface area is 165 Å². The molecule has 3 aromatic carbocycles. The number of allylic oxidation sites excluding steroid dienone is 1. The van der Waals surface area contributed by atoms with Crippen molar-refractivity contribution in [2.24, 2.45) is 5.73 Å². The van der Waals surface area contributed by atoms with Crippen molar-refractivity contribution in [3.05, 3.63) is 95.1 Å². The van der Waals surface area contributed by atoms with Gasteiger partial charge in [-0.3, -0.25) is 5.10 Å². The molecule has 5 nitrogen and oxygen atoms in total. The minimum absolute atomic E-state index is 0.0371. The Morgan fingerprint density at radius 3 is 2.59 bits per heavy atom. The summed E-state index contributed by atoms with van der Waals surface area (Å²) >= 11 is 0. The van der Waals surface area contributed by atoms with E-state index in [1.165, 1.54) is 12.1 Å². The number of nitrogens with two attached hydrogens (primary N) is 1. The highest BCUT2D eigenvalue weighted by Gasteiger charge is 2.36. The van der Waals surface area contributed by atoms with Gasteiger partial charge in [0, 0.05) is 5.56 Å². The fraction of sp³-hybridized carbons (Fsp3) is 0.0435. The monoisotopic (exact) mass is 382 g/mol. The van der Waals surface area contributed by atoms with Crippen LogP contribution in [0.25, 0.3) is 22.0 Å². The molecule has 1 aromatic heterocycles. The Kier molecular flexibility index (Phi) is 3.81. The van der Waals surface area contributed by atoms with Crippen LogP contribution in [0.2, 0.25) is 0 Å². The SMILES string of the molecule is N#CC1=C(N)Oc2n[nH]c(-c3ccc(F)cc3)c2[C@@H]1c1cccc2ccccc12. The van der Waals surface area contributed by atoms with Gasteiger partial charge < -0.3 is 10.5 Å². The molecule has 0 unspecified atom stereocenters. The van der Waals surface area contributed by atoms with Crippen LogP contribution in [-0.2, 0) is 0 Å². The summed E-state index contributed by atoms with van der Waals surface area (Å²) in [6, 6.07) is 22.2. The number of rotatable bonds is 2. The van der Waals surface area contributed by atoms with Crippen LogP contribution in [0.3, 0.4) is 0 Å². The Bertz CT molecular complexity index is 1310. The van der Waals surface area contributed by atoms with Crippen molar-refractivity contribution < 1.29 is 9.13 Å². The first-order chi connectivity index (χ1) is 14.2. The fourth-order valence-corrected chi connectivity index (χ4v) is 3.89. The zero-order valence-corrected chi connectivity index (χ0v) is 15.2. The fourth-order valence-electron chi connectivity index (χ4n) is 3.89. The molecule has 2 heterocycles. The molecule has 0 saturated heterocycles. The number of fused-ring (bicyclic) bond motifs is 2. The highest BCUT2D eigenvalue weighted by Crippen LogP contribution is 2.47. The van der Waals surface area contributed by atoms with Crippen molar-refractivity contribution in [2.75, 3.05) is 0 Å². The number of H-pyrrole nitrogens is 1. The van der Waals surface area contributed by atoms with Gasteiger partial charge >= 0.3 is 0 Å². The van der Waals surface area contributed by atoms with Crippen molar-refractivity contribution in [1.82, 2.24) is 10.2 Å². The van der Waals surface area contributed by atoms with Gasteiger partial charge in [0.1, 0.15) is 17.5 Å². The van der Waals surface area contributed by atoms with E-state index >= 15 is 0 Å². The lowest BCUT2D eigenvalue weighted by Gasteiger charge is -2.25. The normalized spacial score (nSPS) is 15.7. The summed E-state index contributed by atoms with van der Waals surface area (Å²) in [5.74, 6) is -0.437. The van der Waals surface area contributed by atoms with E-state index in [4.69, 9.17) is 10.5 Å². The summed E-state index contributed by atoms with van der Waals surface area (Å²) < 4.78 is 19.1. The summed E-state index contributed by atoms with van der Waals surface area (Å²) in [6.07, 6.45) is 0. The van der Waals surface area contributed by atoms with Crippen LogP contribution in [0.15, 0.2) is 78.2 Å². The maximum Gasteiger partial charge on any atom is 0.244 e. The van der Waals surface area contributed by atoms with Crippen molar-refractivity contribution in [2.45, 2.75) is 5.92 Å². The Hall–Kier alpha value is -4.11. The number of aromatic nitrogens is 2. The summed E-state index contributed by atoms with van der Waals surface area (Å²) in [6.45, 7) is 0. The lowest BCUT2D eigenvalue weighted by molar-refractivity contribution is 0.379. The number of hydrogen-bond acceptors (Lipinski definition) is 4. The van der Waals surface area contributed by atoms with Gasteiger partial charge in [0.2, 0.25) is 11.8 Å². The first kappa shape index (κ1) is 17.0. The van der Waals surface area contributed by atoms with Crippen LogP contribution in [0, 0.1) is 17.1 Å². The number of nitriles is 1. The van der Waals surface area contributed by atoms with Gasteiger partial charge in [0.05, 0.1) is 17.2 Å². The first-order valence-corrected chi connectivity index (χ1v) is 9.07. The molecule has 0 aliphatic carbocycles. The maximum absolute atomic E-state index is 13.4. The van der Waals surface area contributed by atoms with E-state index in [0.29, 0.717) is 22.7 Å². The topological polar surface area (TPSA) is 87.7 Å². The summed E-state index contributed by atoms with van der Waals surface area (Å²) in [5, 5.41) is 19.2. The number of ether oxygens (including phenoxy) is 1. The van der Waals surface area contributed by atoms with E-state index in [1.807, 2.05) is 42.5 Å². The summed E-state index contributed by atoms with van der Waals surface area (Å²) in [4.78, 5) is 0. The van der Waals surface area contributed by atoms with Gasteiger partial charge in [-0.25, -0.2) is 4.39 Å². The molecule has 1 aliphatic rings. The highest BCUT2D eigenvalue weighted by molar-refractivity contribution is 5.88. The first-order valence-electron chi connectivity index (χ1n) is 9.07. The molecule has 0 fully saturated rings. The minimum Gasteiger partial charge on any atom is -0.420 e. The van der Waals surface area contributed by atoms with Gasteiger partial charge in [-0.1, -0.05) is 42.5 Å². The molecule has 4 aromatic rings. The Morgan fingerprint density at radius 2 is 1.79 bits per heavy atom. The van der Waals surface area contributed by atoms with Gasteiger partial charge in [0.25, 0.3) is 0 Å². The van der Waals surface area contributed by atoms with E-state index < -0.39 is 5.92 Å². The quantitative estimate of drug-likeness (QED) is 0.531. The van der Waals surface area contributed by atoms with Crippen LogP contribution in [0.5, 0.6) is 5.88 Å². The zero-order chi connectivity index (χ0) is 20.0. The molecule has 29 heavy (non-hydrogen) atoms. The number of aromatic amines is 1. The molecule has 6 heteroatoms. The molecule has 5 rings (SSSR count). The van der Waals surface area contributed by atoms with Gasteiger partial charge in [0.15, 0.2) is 0 Å². The summed E-state index contributed by atoms with van der Waals surface area (Å²) in [7, 11) is 0. The van der Waals surface area contributed by atoms with Crippen molar-refractivity contribution in [3.8, 4) is 23.2 Å². The number of nitrogens with zero attached hydrogens (tertiary/aromatic N) is 2. The second-order valence-electron chi connectivity index (χ2n) is 6.82. The number of hydrogen-bond donors (Lipinski definition) is 2. The Balaban J connectivity index is 1.80. The molecule has 0 bridgehead atoms. The van der Waals surface area contributed by atoms with Crippen LogP contribution >= 0.6 is 0 Å². The van der Waals surface area contributed by atoms with Crippen molar-refractivity contribution in [3.63, 3.8) is 0 Å². The molecule has 0 spiro atoms. The van der Waals surface area contributed by atoms with E-state index in [9.17, 15) is 9.65 Å². The number of halogens is 1. The molecule has 1 atom stereocenters. The average molecular weight is 382 g/mol. The van der Waals surface area contributed by atoms with Crippen LogP contribution in [0.4, 0.5) is 4.39 Å². The van der Waals surface area contributed by atoms with Crippen molar-refractivity contribution >= 4 is 10.8 Å². The Morgan fingerprint density at radius 1 is 1.03 bits per heavy atom. The van der Waals surface area contributed by atoms with Crippen molar-refractivity contribution in [1.29, 1.82) is 5.26 Å². The van der Waals surface area contributed by atoms with Crippen LogP contribution in [-0.4, -0.2) is 10.2 Å². The third-order valence-corrected chi connectivity index (χ3v) is 5.21. The molecule has 0 radical (unpaired) electrons. The predicted octanol–water partition coefficient (Wildman–Crippen LogP) is 4.59. The second-order valence-corrected chi connectivity index (χ2v) is 6.82. The van der Waals surface area contributed by atoms with Gasteiger partial charge in [-0.05, 0) is 40.6 Å². The largest absolute Gasteiger partial charge is 0.420 e. The van der Waals surface area contributed by atoms with E-state index in [0.717, 1.165) is 21.9 Å². The molecule has 0 saturated carbocycles. The van der Waals surface area contributed by atoms with E-state index in [2.05, 4.69) is 16.3 Å². The predicted molar refractivity (Wildman–Crippen MR) is 107 cm³/mol. The lowest BCUT2D eigenvalue weighted by Crippen LogP contribution is -2.21. The average Bonchev–Trinajstić information content (AvgIpc) is 3.16. The van der Waals surface area contributed by atoms with Gasteiger partial charge in [-0.15, -0.1) is 5.10 Å².